The molecule has 108 valence electrons. The topological polar surface area (TPSA) is 59.1 Å². The summed E-state index contributed by atoms with van der Waals surface area (Å²) in [5.41, 5.74) is 0. The molecule has 1 atom stereocenters. The molecule has 2 aliphatic heterocycles. The molecule has 2 heterocycles. The van der Waals surface area contributed by atoms with E-state index in [4.69, 9.17) is 9.47 Å². The molecule has 2 aliphatic rings. The number of carbonyl (C=O) groups excluding carboxylic acids is 2. The Balaban J connectivity index is 1.89. The van der Waals surface area contributed by atoms with Gasteiger partial charge in [0.05, 0.1) is 25.7 Å². The number of carbonyl (C=O) groups is 2. The molecule has 0 saturated carbocycles. The number of hydrogen-bond acceptors (Lipinski definition) is 4. The molecule has 2 saturated heterocycles. The molecule has 1 unspecified atom stereocenters. The van der Waals surface area contributed by atoms with Crippen LogP contribution in [0.3, 0.4) is 0 Å². The average molecular weight is 270 g/mol. The number of rotatable bonds is 2. The smallest absolute Gasteiger partial charge is 0.409 e. The van der Waals surface area contributed by atoms with Gasteiger partial charge in [-0.25, -0.2) is 4.79 Å². The Hall–Kier alpha value is -1.30. The molecule has 0 aromatic rings. The molecule has 2 amide bonds. The van der Waals surface area contributed by atoms with Crippen LogP contribution in [0.1, 0.15) is 19.8 Å². The Morgan fingerprint density at radius 3 is 2.63 bits per heavy atom. The van der Waals surface area contributed by atoms with Crippen molar-refractivity contribution in [2.24, 2.45) is 5.92 Å². The molecule has 6 heteroatoms. The largest absolute Gasteiger partial charge is 0.450 e. The minimum atomic E-state index is -0.304. The highest BCUT2D eigenvalue weighted by molar-refractivity contribution is 5.80. The van der Waals surface area contributed by atoms with E-state index in [1.54, 1.807) is 11.8 Å². The fourth-order valence-electron chi connectivity index (χ4n) is 2.60. The standard InChI is InChI=1S/C13H22N2O4/c1-2-19-13(17)15-5-3-4-11(10-15)12(16)14-6-8-18-9-7-14/h11H,2-10H2,1H3. The van der Waals surface area contributed by atoms with Gasteiger partial charge in [0.15, 0.2) is 0 Å². The fraction of sp³-hybridized carbons (Fsp3) is 0.846. The summed E-state index contributed by atoms with van der Waals surface area (Å²) < 4.78 is 10.2. The lowest BCUT2D eigenvalue weighted by atomic mass is 9.96. The highest BCUT2D eigenvalue weighted by Gasteiger charge is 2.32. The van der Waals surface area contributed by atoms with Crippen LogP contribution in [0.15, 0.2) is 0 Å². The number of hydrogen-bond donors (Lipinski definition) is 0. The summed E-state index contributed by atoms with van der Waals surface area (Å²) >= 11 is 0. The van der Waals surface area contributed by atoms with Crippen molar-refractivity contribution in [1.82, 2.24) is 9.80 Å². The Morgan fingerprint density at radius 1 is 1.21 bits per heavy atom. The summed E-state index contributed by atoms with van der Waals surface area (Å²) in [6, 6.07) is 0. The SMILES string of the molecule is CCOC(=O)N1CCCC(C(=O)N2CCOCC2)C1. The lowest BCUT2D eigenvalue weighted by Crippen LogP contribution is -2.49. The zero-order valence-corrected chi connectivity index (χ0v) is 11.5. The molecule has 19 heavy (non-hydrogen) atoms. The minimum absolute atomic E-state index is 0.0868. The molecule has 0 radical (unpaired) electrons. The number of likely N-dealkylation sites (tertiary alicyclic amines) is 1. The fourth-order valence-corrected chi connectivity index (χ4v) is 2.60. The van der Waals surface area contributed by atoms with Gasteiger partial charge in [-0.05, 0) is 19.8 Å². The Kier molecular flexibility index (Phi) is 5.01. The van der Waals surface area contributed by atoms with E-state index < -0.39 is 0 Å². The van der Waals surface area contributed by atoms with Gasteiger partial charge in [-0.15, -0.1) is 0 Å². The van der Waals surface area contributed by atoms with E-state index in [0.717, 1.165) is 12.8 Å². The van der Waals surface area contributed by atoms with Gasteiger partial charge in [-0.2, -0.15) is 0 Å². The summed E-state index contributed by atoms with van der Waals surface area (Å²) in [6.07, 6.45) is 1.41. The van der Waals surface area contributed by atoms with E-state index in [-0.39, 0.29) is 17.9 Å². The van der Waals surface area contributed by atoms with E-state index in [2.05, 4.69) is 0 Å². The van der Waals surface area contributed by atoms with Crippen molar-refractivity contribution in [2.45, 2.75) is 19.8 Å². The van der Waals surface area contributed by atoms with Crippen molar-refractivity contribution in [3.05, 3.63) is 0 Å². The van der Waals surface area contributed by atoms with E-state index in [9.17, 15) is 9.59 Å². The third-order valence-electron chi connectivity index (χ3n) is 3.62. The molecule has 0 N–H and O–H groups in total. The van der Waals surface area contributed by atoms with Gasteiger partial charge in [-0.1, -0.05) is 0 Å². The van der Waals surface area contributed by atoms with Crippen LogP contribution < -0.4 is 0 Å². The molecule has 0 aromatic heterocycles. The van der Waals surface area contributed by atoms with Gasteiger partial charge in [0.1, 0.15) is 0 Å². The highest BCUT2D eigenvalue weighted by Crippen LogP contribution is 2.20. The van der Waals surface area contributed by atoms with Crippen LogP contribution in [0.4, 0.5) is 4.79 Å². The van der Waals surface area contributed by atoms with E-state index >= 15 is 0 Å². The van der Waals surface area contributed by atoms with Crippen LogP contribution in [0.2, 0.25) is 0 Å². The maximum Gasteiger partial charge on any atom is 0.409 e. The van der Waals surface area contributed by atoms with Crippen molar-refractivity contribution in [3.8, 4) is 0 Å². The summed E-state index contributed by atoms with van der Waals surface area (Å²) in [6.45, 7) is 5.87. The molecule has 0 bridgehead atoms. The van der Waals surface area contributed by atoms with Crippen molar-refractivity contribution in [1.29, 1.82) is 0 Å². The first-order valence-corrected chi connectivity index (χ1v) is 7.00. The van der Waals surface area contributed by atoms with Gasteiger partial charge in [0.2, 0.25) is 5.91 Å². The van der Waals surface area contributed by atoms with Gasteiger partial charge in [0, 0.05) is 26.2 Å². The second kappa shape index (κ2) is 6.75. The third-order valence-corrected chi connectivity index (χ3v) is 3.62. The summed E-state index contributed by atoms with van der Waals surface area (Å²) in [4.78, 5) is 27.6. The molecule has 0 spiro atoms. The normalized spacial score (nSPS) is 24.2. The zero-order valence-electron chi connectivity index (χ0n) is 11.5. The van der Waals surface area contributed by atoms with Crippen LogP contribution in [0, 0.1) is 5.92 Å². The van der Waals surface area contributed by atoms with Crippen LogP contribution in [-0.4, -0.2) is 67.8 Å². The first-order valence-electron chi connectivity index (χ1n) is 7.00. The Bertz CT molecular complexity index is 329. The maximum atomic E-state index is 12.4. The molecular formula is C13H22N2O4. The summed E-state index contributed by atoms with van der Waals surface area (Å²) in [5, 5.41) is 0. The van der Waals surface area contributed by atoms with Crippen molar-refractivity contribution >= 4 is 12.0 Å². The van der Waals surface area contributed by atoms with Crippen LogP contribution in [0.25, 0.3) is 0 Å². The number of ether oxygens (including phenoxy) is 2. The van der Waals surface area contributed by atoms with E-state index in [1.165, 1.54) is 0 Å². The lowest BCUT2D eigenvalue weighted by Gasteiger charge is -2.35. The second-order valence-corrected chi connectivity index (χ2v) is 4.92. The molecular weight excluding hydrogens is 248 g/mol. The van der Waals surface area contributed by atoms with E-state index in [0.29, 0.717) is 46.0 Å². The molecule has 0 aromatic carbocycles. The molecule has 2 fully saturated rings. The molecule has 6 nitrogen and oxygen atoms in total. The average Bonchev–Trinajstić information content (AvgIpc) is 2.48. The lowest BCUT2D eigenvalue weighted by molar-refractivity contribution is -0.141. The maximum absolute atomic E-state index is 12.4. The second-order valence-electron chi connectivity index (χ2n) is 4.92. The van der Waals surface area contributed by atoms with Gasteiger partial charge in [0.25, 0.3) is 0 Å². The van der Waals surface area contributed by atoms with Gasteiger partial charge < -0.3 is 19.3 Å². The van der Waals surface area contributed by atoms with E-state index in [1.807, 2.05) is 4.90 Å². The van der Waals surface area contributed by atoms with Crippen molar-refractivity contribution in [3.63, 3.8) is 0 Å². The number of nitrogens with zero attached hydrogens (tertiary/aromatic N) is 2. The highest BCUT2D eigenvalue weighted by atomic mass is 16.6. The van der Waals surface area contributed by atoms with Crippen LogP contribution in [0.5, 0.6) is 0 Å². The molecule has 0 aliphatic carbocycles. The zero-order chi connectivity index (χ0) is 13.7. The van der Waals surface area contributed by atoms with Crippen LogP contribution >= 0.6 is 0 Å². The van der Waals surface area contributed by atoms with Crippen molar-refractivity contribution in [2.75, 3.05) is 46.0 Å². The first kappa shape index (κ1) is 14.1. The summed E-state index contributed by atoms with van der Waals surface area (Å²) in [7, 11) is 0. The molecule has 2 rings (SSSR count). The van der Waals surface area contributed by atoms with Crippen molar-refractivity contribution < 1.29 is 19.1 Å². The Morgan fingerprint density at radius 2 is 1.95 bits per heavy atom. The Labute approximate surface area is 113 Å². The predicted octanol–water partition coefficient (Wildman–Crippen LogP) is 0.714. The number of amides is 2. The first-order chi connectivity index (χ1) is 9.22. The third kappa shape index (κ3) is 3.59. The van der Waals surface area contributed by atoms with Crippen LogP contribution in [-0.2, 0) is 14.3 Å². The van der Waals surface area contributed by atoms with Gasteiger partial charge >= 0.3 is 6.09 Å². The predicted molar refractivity (Wildman–Crippen MR) is 68.7 cm³/mol. The summed E-state index contributed by atoms with van der Waals surface area (Å²) in [5.74, 6) is 0.0635. The quantitative estimate of drug-likeness (QED) is 0.741. The number of piperidine rings is 1. The minimum Gasteiger partial charge on any atom is -0.450 e. The van der Waals surface area contributed by atoms with Gasteiger partial charge in [-0.3, -0.25) is 4.79 Å². The monoisotopic (exact) mass is 270 g/mol. The number of morpholine rings is 1.